The molecule has 5 aromatic rings. The number of carboxylic acid groups (broad SMARTS) is 1. The molecule has 0 bridgehead atoms. The highest BCUT2D eigenvalue weighted by atomic mass is 19.1. The third-order valence-corrected chi connectivity index (χ3v) is 8.84. The average molecular weight is 584 g/mol. The minimum absolute atomic E-state index is 0.128. The fraction of sp³-hybridized carbons (Fsp3) is 0.364. The second-order valence-electron chi connectivity index (χ2n) is 11.6. The van der Waals surface area contributed by atoms with Crippen LogP contribution in [-0.4, -0.2) is 61.1 Å². The predicted octanol–water partition coefficient (Wildman–Crippen LogP) is 5.51. The molecule has 2 aliphatic heterocycles. The van der Waals surface area contributed by atoms with Gasteiger partial charge < -0.3 is 19.1 Å². The van der Waals surface area contributed by atoms with E-state index in [0.717, 1.165) is 77.8 Å². The Morgan fingerprint density at radius 2 is 1.91 bits per heavy atom. The second-order valence-corrected chi connectivity index (χ2v) is 11.6. The van der Waals surface area contributed by atoms with Crippen LogP contribution in [0.2, 0.25) is 0 Å². The van der Waals surface area contributed by atoms with Crippen LogP contribution in [0, 0.1) is 5.82 Å². The van der Waals surface area contributed by atoms with Crippen LogP contribution in [0.1, 0.15) is 52.5 Å². The molecule has 222 valence electrons. The molecule has 10 heteroatoms. The zero-order valence-corrected chi connectivity index (χ0v) is 24.1. The summed E-state index contributed by atoms with van der Waals surface area (Å²) in [5.74, 6) is 0.207. The van der Waals surface area contributed by atoms with Gasteiger partial charge in [0.25, 0.3) is 0 Å². The number of piperidine rings is 1. The Morgan fingerprint density at radius 1 is 1.07 bits per heavy atom. The van der Waals surface area contributed by atoms with E-state index in [1.54, 1.807) is 18.2 Å². The van der Waals surface area contributed by atoms with Gasteiger partial charge in [-0.15, -0.1) is 0 Å². The van der Waals surface area contributed by atoms with Crippen LogP contribution in [0.5, 0.6) is 5.75 Å². The molecule has 3 aromatic carbocycles. The van der Waals surface area contributed by atoms with Crippen molar-refractivity contribution in [3.63, 3.8) is 0 Å². The quantitative estimate of drug-likeness (QED) is 0.245. The number of aryl methyl sites for hydroxylation is 1. The molecule has 1 N–H and O–H groups in total. The van der Waals surface area contributed by atoms with E-state index >= 15 is 0 Å². The highest BCUT2D eigenvalue weighted by Crippen LogP contribution is 2.33. The van der Waals surface area contributed by atoms with Gasteiger partial charge in [0.15, 0.2) is 11.6 Å². The van der Waals surface area contributed by atoms with Crippen molar-refractivity contribution in [1.82, 2.24) is 24.2 Å². The Kier molecular flexibility index (Phi) is 7.32. The van der Waals surface area contributed by atoms with E-state index in [4.69, 9.17) is 14.5 Å². The lowest BCUT2D eigenvalue weighted by molar-refractivity contribution is -0.0592. The highest BCUT2D eigenvalue weighted by molar-refractivity contribution is 5.92. The van der Waals surface area contributed by atoms with Crippen LogP contribution in [-0.2, 0) is 31.5 Å². The Morgan fingerprint density at radius 3 is 2.67 bits per heavy atom. The summed E-state index contributed by atoms with van der Waals surface area (Å²) < 4.78 is 30.3. The number of carbonyl (C=O) groups is 1. The summed E-state index contributed by atoms with van der Waals surface area (Å²) in [6, 6.07) is 16.4. The van der Waals surface area contributed by atoms with E-state index in [-0.39, 0.29) is 29.8 Å². The molecule has 43 heavy (non-hydrogen) atoms. The van der Waals surface area contributed by atoms with Crippen molar-refractivity contribution in [3.8, 4) is 5.75 Å². The summed E-state index contributed by atoms with van der Waals surface area (Å²) in [5.41, 5.74) is 4.95. The number of benzene rings is 3. The molecular weight excluding hydrogens is 549 g/mol. The monoisotopic (exact) mass is 583 g/mol. The van der Waals surface area contributed by atoms with Gasteiger partial charge in [0.1, 0.15) is 12.4 Å². The molecule has 2 saturated heterocycles. The number of aromatic carboxylic acids is 1. The molecule has 2 aliphatic rings. The van der Waals surface area contributed by atoms with Gasteiger partial charge in [0.05, 0.1) is 47.5 Å². The Bertz CT molecular complexity index is 1800. The standard InChI is InChI=1S/C33H34FN5O4/c1-37-29-14-21(2-3-25(29)17-35-37)20-43-31-16-23(4-6-27(31)34)22-8-11-38(12-9-22)19-32-36-28-7-5-24(33(40)41)15-30(28)39(32)18-26-10-13-42-26/h2-7,14-17,22,26H,8-13,18-20H2,1H3,(H,40,41)/t26-/m0/s1. The van der Waals surface area contributed by atoms with Gasteiger partial charge in [0, 0.05) is 19.0 Å². The minimum atomic E-state index is -0.946. The van der Waals surface area contributed by atoms with Crippen molar-refractivity contribution in [2.45, 2.75) is 51.0 Å². The fourth-order valence-corrected chi connectivity index (χ4v) is 6.21. The van der Waals surface area contributed by atoms with E-state index < -0.39 is 5.97 Å². The molecule has 0 spiro atoms. The van der Waals surface area contributed by atoms with Crippen molar-refractivity contribution >= 4 is 27.9 Å². The molecule has 2 fully saturated rings. The molecule has 0 radical (unpaired) electrons. The van der Waals surface area contributed by atoms with Gasteiger partial charge in [0.2, 0.25) is 0 Å². The van der Waals surface area contributed by atoms with Gasteiger partial charge in [-0.05, 0) is 85.8 Å². The maximum atomic E-state index is 14.7. The van der Waals surface area contributed by atoms with E-state index in [2.05, 4.69) is 14.6 Å². The van der Waals surface area contributed by atoms with E-state index in [0.29, 0.717) is 19.0 Å². The van der Waals surface area contributed by atoms with Crippen molar-refractivity contribution < 1.29 is 23.8 Å². The van der Waals surface area contributed by atoms with Crippen LogP contribution < -0.4 is 4.74 Å². The molecule has 0 unspecified atom stereocenters. The van der Waals surface area contributed by atoms with Crippen LogP contribution in [0.3, 0.4) is 0 Å². The third-order valence-electron chi connectivity index (χ3n) is 8.84. The molecule has 0 saturated carbocycles. The zero-order valence-electron chi connectivity index (χ0n) is 24.1. The van der Waals surface area contributed by atoms with E-state index in [1.807, 2.05) is 48.3 Å². The lowest BCUT2D eigenvalue weighted by Crippen LogP contribution is -2.35. The number of halogens is 1. The number of hydrogen-bond acceptors (Lipinski definition) is 6. The number of nitrogens with zero attached hydrogens (tertiary/aromatic N) is 5. The van der Waals surface area contributed by atoms with E-state index in [9.17, 15) is 14.3 Å². The average Bonchev–Trinajstić information content (AvgIpc) is 3.53. The maximum absolute atomic E-state index is 14.7. The number of imidazole rings is 1. The molecule has 7 rings (SSSR count). The first kappa shape index (κ1) is 27.5. The van der Waals surface area contributed by atoms with Crippen molar-refractivity contribution in [3.05, 3.63) is 89.1 Å². The van der Waals surface area contributed by atoms with Crippen molar-refractivity contribution in [1.29, 1.82) is 0 Å². The Labute approximate surface area is 248 Å². The van der Waals surface area contributed by atoms with Gasteiger partial charge in [-0.2, -0.15) is 5.10 Å². The summed E-state index contributed by atoms with van der Waals surface area (Å²) in [7, 11) is 1.90. The SMILES string of the molecule is Cn1ncc2ccc(COc3cc(C4CCN(Cc5nc6ccc(C(=O)O)cc6n5C[C@@H]5CCO5)CC4)ccc3F)cc21. The van der Waals surface area contributed by atoms with E-state index in [1.165, 1.54) is 6.07 Å². The summed E-state index contributed by atoms with van der Waals surface area (Å²) in [6.07, 6.45) is 4.83. The van der Waals surface area contributed by atoms with Gasteiger partial charge in [-0.1, -0.05) is 18.2 Å². The van der Waals surface area contributed by atoms with Crippen LogP contribution in [0.15, 0.2) is 60.8 Å². The number of ether oxygens (including phenoxy) is 2. The number of hydrogen-bond donors (Lipinski definition) is 1. The van der Waals surface area contributed by atoms with Gasteiger partial charge in [-0.3, -0.25) is 9.58 Å². The normalized spacial score (nSPS) is 17.9. The van der Waals surface area contributed by atoms with Crippen LogP contribution >= 0.6 is 0 Å². The first-order valence-electron chi connectivity index (χ1n) is 14.8. The molecule has 0 aliphatic carbocycles. The Hall–Kier alpha value is -4.28. The van der Waals surface area contributed by atoms with Crippen molar-refractivity contribution in [2.24, 2.45) is 7.05 Å². The van der Waals surface area contributed by atoms with Gasteiger partial charge >= 0.3 is 5.97 Å². The molecule has 2 aromatic heterocycles. The number of carboxylic acids is 1. The largest absolute Gasteiger partial charge is 0.486 e. The first-order valence-corrected chi connectivity index (χ1v) is 14.8. The fourth-order valence-electron chi connectivity index (χ4n) is 6.21. The molecule has 0 amide bonds. The summed E-state index contributed by atoms with van der Waals surface area (Å²) in [4.78, 5) is 18.9. The molecule has 9 nitrogen and oxygen atoms in total. The highest BCUT2D eigenvalue weighted by Gasteiger charge is 2.26. The molecular formula is C33H34FN5O4. The summed E-state index contributed by atoms with van der Waals surface area (Å²) in [6.45, 7) is 4.15. The lowest BCUT2D eigenvalue weighted by atomic mass is 9.89. The molecule has 1 atom stereocenters. The topological polar surface area (TPSA) is 94.6 Å². The first-order chi connectivity index (χ1) is 20.9. The number of fused-ring (bicyclic) bond motifs is 2. The minimum Gasteiger partial charge on any atom is -0.486 e. The number of rotatable bonds is 9. The number of likely N-dealkylation sites (tertiary alicyclic amines) is 1. The summed E-state index contributed by atoms with van der Waals surface area (Å²) in [5, 5.41) is 14.9. The van der Waals surface area contributed by atoms with Crippen LogP contribution in [0.4, 0.5) is 4.39 Å². The lowest BCUT2D eigenvalue weighted by Gasteiger charge is -2.33. The predicted molar refractivity (Wildman–Crippen MR) is 160 cm³/mol. The number of aromatic nitrogens is 4. The zero-order chi connectivity index (χ0) is 29.5. The van der Waals surface area contributed by atoms with Crippen LogP contribution in [0.25, 0.3) is 21.9 Å². The maximum Gasteiger partial charge on any atom is 0.335 e. The Balaban J connectivity index is 1.02. The third kappa shape index (κ3) is 5.60. The van der Waals surface area contributed by atoms with Gasteiger partial charge in [-0.25, -0.2) is 14.2 Å². The molecule has 4 heterocycles. The second kappa shape index (κ2) is 11.4. The summed E-state index contributed by atoms with van der Waals surface area (Å²) >= 11 is 0. The smallest absolute Gasteiger partial charge is 0.335 e. The van der Waals surface area contributed by atoms with Crippen molar-refractivity contribution in [2.75, 3.05) is 19.7 Å².